The van der Waals surface area contributed by atoms with Crippen LogP contribution in [0, 0.1) is 18.6 Å². The van der Waals surface area contributed by atoms with Gasteiger partial charge in [0, 0.05) is 0 Å². The number of nitrogens with one attached hydrogen (secondary N) is 1. The number of aryl methyl sites for hydroxylation is 1. The fourth-order valence-corrected chi connectivity index (χ4v) is 2.42. The number of aromatic nitrogens is 1. The second kappa shape index (κ2) is 12.2. The molecule has 1 aromatic carbocycles. The quantitative estimate of drug-likeness (QED) is 0.810. The molecule has 1 aliphatic rings. The zero-order valence-electron chi connectivity index (χ0n) is 16.7. The molecule has 0 aliphatic carbocycles. The smallest absolute Gasteiger partial charge is 0.253 e. The molecule has 2 heterocycles. The molecule has 3 rings (SSSR count). The SMILES string of the molecule is CC.CC1CC[C@H](C(=O)Nc2ccc(CO)nc2)O1.Cc1cccc(F)c1F. The van der Waals surface area contributed by atoms with Crippen molar-refractivity contribution in [3.05, 3.63) is 59.4 Å². The van der Waals surface area contributed by atoms with E-state index in [1.165, 1.54) is 25.3 Å². The number of aliphatic hydroxyl groups excluding tert-OH is 1. The fraction of sp³-hybridized carbons (Fsp3) is 0.429. The summed E-state index contributed by atoms with van der Waals surface area (Å²) in [5, 5.41) is 11.6. The van der Waals surface area contributed by atoms with E-state index in [1.54, 1.807) is 12.1 Å². The van der Waals surface area contributed by atoms with Crippen molar-refractivity contribution in [2.45, 2.75) is 59.4 Å². The first kappa shape index (κ1) is 23.7. The summed E-state index contributed by atoms with van der Waals surface area (Å²) in [7, 11) is 0. The van der Waals surface area contributed by atoms with Gasteiger partial charge in [-0.15, -0.1) is 0 Å². The van der Waals surface area contributed by atoms with Crippen molar-refractivity contribution in [3.8, 4) is 0 Å². The number of ether oxygens (including phenoxy) is 1. The normalized spacial score (nSPS) is 17.7. The van der Waals surface area contributed by atoms with Crippen molar-refractivity contribution in [2.75, 3.05) is 5.32 Å². The lowest BCUT2D eigenvalue weighted by Gasteiger charge is -2.11. The van der Waals surface area contributed by atoms with Crippen LogP contribution in [0.1, 0.15) is 44.9 Å². The Labute approximate surface area is 164 Å². The minimum absolute atomic E-state index is 0.0997. The topological polar surface area (TPSA) is 71.5 Å². The Morgan fingerprint density at radius 1 is 1.25 bits per heavy atom. The number of amides is 1. The number of pyridine rings is 1. The van der Waals surface area contributed by atoms with Gasteiger partial charge in [-0.25, -0.2) is 8.78 Å². The van der Waals surface area contributed by atoms with Crippen molar-refractivity contribution < 1.29 is 23.4 Å². The summed E-state index contributed by atoms with van der Waals surface area (Å²) in [5.41, 5.74) is 1.54. The number of carbonyl (C=O) groups excluding carboxylic acids is 1. The highest BCUT2D eigenvalue weighted by Crippen LogP contribution is 2.20. The van der Waals surface area contributed by atoms with Crippen LogP contribution in [0.4, 0.5) is 14.5 Å². The van der Waals surface area contributed by atoms with E-state index in [4.69, 9.17) is 9.84 Å². The molecule has 0 radical (unpaired) electrons. The van der Waals surface area contributed by atoms with Crippen LogP contribution in [-0.4, -0.2) is 28.2 Å². The average molecular weight is 394 g/mol. The maximum absolute atomic E-state index is 12.4. The van der Waals surface area contributed by atoms with Crippen LogP contribution in [0.25, 0.3) is 0 Å². The molecular formula is C21H28F2N2O3. The molecule has 1 unspecified atom stereocenters. The Balaban J connectivity index is 0.000000301. The van der Waals surface area contributed by atoms with Crippen molar-refractivity contribution >= 4 is 11.6 Å². The second-order valence-corrected chi connectivity index (χ2v) is 6.07. The van der Waals surface area contributed by atoms with Crippen LogP contribution in [0.3, 0.4) is 0 Å². The van der Waals surface area contributed by atoms with Crippen LogP contribution in [0.5, 0.6) is 0 Å². The molecule has 7 heteroatoms. The molecule has 28 heavy (non-hydrogen) atoms. The standard InChI is InChI=1S/C12H16N2O3.C7H6F2.C2H6/c1-8-2-5-11(17-8)12(16)14-9-3-4-10(7-15)13-6-9;1-5-3-2-4-6(8)7(5)9;1-2/h3-4,6,8,11,15H,2,5,7H2,1H3,(H,14,16);2-4H,1H3;1-2H3/t8?,11-;;/m1../s1. The largest absolute Gasteiger partial charge is 0.390 e. The predicted octanol–water partition coefficient (Wildman–Crippen LogP) is 4.38. The number of hydrogen-bond acceptors (Lipinski definition) is 4. The van der Waals surface area contributed by atoms with Crippen LogP contribution in [0.2, 0.25) is 0 Å². The number of benzene rings is 1. The molecule has 2 aromatic rings. The van der Waals surface area contributed by atoms with E-state index >= 15 is 0 Å². The number of anilines is 1. The molecule has 1 aromatic heterocycles. The van der Waals surface area contributed by atoms with Gasteiger partial charge in [0.15, 0.2) is 11.6 Å². The first-order chi connectivity index (χ1) is 13.4. The number of carbonyl (C=O) groups is 1. The van der Waals surface area contributed by atoms with Crippen molar-refractivity contribution in [1.82, 2.24) is 4.98 Å². The van der Waals surface area contributed by atoms with Gasteiger partial charge in [-0.3, -0.25) is 9.78 Å². The highest BCUT2D eigenvalue weighted by molar-refractivity contribution is 5.94. The number of hydrogen-bond donors (Lipinski definition) is 2. The number of aliphatic hydroxyl groups is 1. The molecule has 154 valence electrons. The van der Waals surface area contributed by atoms with Crippen LogP contribution in [0.15, 0.2) is 36.5 Å². The zero-order valence-corrected chi connectivity index (χ0v) is 16.7. The first-order valence-corrected chi connectivity index (χ1v) is 9.33. The molecular weight excluding hydrogens is 366 g/mol. The average Bonchev–Trinajstić information content (AvgIpc) is 3.15. The molecule has 0 saturated carbocycles. The van der Waals surface area contributed by atoms with Gasteiger partial charge in [0.25, 0.3) is 5.91 Å². The first-order valence-electron chi connectivity index (χ1n) is 9.33. The maximum Gasteiger partial charge on any atom is 0.253 e. The van der Waals surface area contributed by atoms with Crippen LogP contribution in [-0.2, 0) is 16.1 Å². The van der Waals surface area contributed by atoms with Gasteiger partial charge in [-0.1, -0.05) is 26.0 Å². The van der Waals surface area contributed by atoms with Gasteiger partial charge in [-0.05, 0) is 50.5 Å². The molecule has 0 bridgehead atoms. The van der Waals surface area contributed by atoms with E-state index in [2.05, 4.69) is 10.3 Å². The van der Waals surface area contributed by atoms with Crippen LogP contribution >= 0.6 is 0 Å². The Morgan fingerprint density at radius 3 is 2.43 bits per heavy atom. The summed E-state index contributed by atoms with van der Waals surface area (Å²) in [4.78, 5) is 15.8. The van der Waals surface area contributed by atoms with Gasteiger partial charge < -0.3 is 15.2 Å². The molecule has 5 nitrogen and oxygen atoms in total. The molecule has 2 N–H and O–H groups in total. The van der Waals surface area contributed by atoms with Gasteiger partial charge in [0.2, 0.25) is 0 Å². The number of rotatable bonds is 3. The summed E-state index contributed by atoms with van der Waals surface area (Å²) < 4.78 is 30.0. The lowest BCUT2D eigenvalue weighted by molar-refractivity contribution is -0.126. The maximum atomic E-state index is 12.4. The Hall–Kier alpha value is -2.38. The monoisotopic (exact) mass is 394 g/mol. The summed E-state index contributed by atoms with van der Waals surface area (Å²) in [6.45, 7) is 7.39. The molecule has 1 fully saturated rings. The van der Waals surface area contributed by atoms with E-state index < -0.39 is 11.6 Å². The minimum Gasteiger partial charge on any atom is -0.390 e. The fourth-order valence-electron chi connectivity index (χ4n) is 2.42. The summed E-state index contributed by atoms with van der Waals surface area (Å²) in [6.07, 6.45) is 3.00. The summed E-state index contributed by atoms with van der Waals surface area (Å²) in [5.74, 6) is -1.67. The Morgan fingerprint density at radius 2 is 1.96 bits per heavy atom. The minimum atomic E-state index is -0.782. The van der Waals surface area contributed by atoms with E-state index in [0.29, 0.717) is 16.9 Å². The van der Waals surface area contributed by atoms with Crippen molar-refractivity contribution in [2.24, 2.45) is 0 Å². The third kappa shape index (κ3) is 7.32. The van der Waals surface area contributed by atoms with E-state index in [-0.39, 0.29) is 24.7 Å². The lowest BCUT2D eigenvalue weighted by atomic mass is 10.2. The highest BCUT2D eigenvalue weighted by atomic mass is 19.2. The molecule has 1 aliphatic heterocycles. The molecule has 2 atom stereocenters. The third-order valence-corrected chi connectivity index (χ3v) is 3.92. The summed E-state index contributed by atoms with van der Waals surface area (Å²) in [6, 6.07) is 7.50. The Kier molecular flexibility index (Phi) is 10.3. The molecule has 1 saturated heterocycles. The third-order valence-electron chi connectivity index (χ3n) is 3.92. The van der Waals surface area contributed by atoms with Gasteiger partial charge in [0.05, 0.1) is 30.3 Å². The number of nitrogens with zero attached hydrogens (tertiary/aromatic N) is 1. The number of halogens is 2. The second-order valence-electron chi connectivity index (χ2n) is 6.07. The predicted molar refractivity (Wildman–Crippen MR) is 105 cm³/mol. The van der Waals surface area contributed by atoms with Gasteiger partial charge >= 0.3 is 0 Å². The highest BCUT2D eigenvalue weighted by Gasteiger charge is 2.28. The van der Waals surface area contributed by atoms with Crippen molar-refractivity contribution in [3.63, 3.8) is 0 Å². The van der Waals surface area contributed by atoms with E-state index in [9.17, 15) is 13.6 Å². The summed E-state index contributed by atoms with van der Waals surface area (Å²) >= 11 is 0. The van der Waals surface area contributed by atoms with E-state index in [0.717, 1.165) is 18.9 Å². The van der Waals surface area contributed by atoms with Crippen molar-refractivity contribution in [1.29, 1.82) is 0 Å². The molecule has 0 spiro atoms. The molecule has 1 amide bonds. The van der Waals surface area contributed by atoms with Crippen LogP contribution < -0.4 is 5.32 Å². The van der Waals surface area contributed by atoms with E-state index in [1.807, 2.05) is 20.8 Å². The van der Waals surface area contributed by atoms with Gasteiger partial charge in [0.1, 0.15) is 6.10 Å². The van der Waals surface area contributed by atoms with Gasteiger partial charge in [-0.2, -0.15) is 0 Å². The lowest BCUT2D eigenvalue weighted by Crippen LogP contribution is -2.27. The Bertz CT molecular complexity index is 719. The zero-order chi connectivity index (χ0) is 21.1.